The van der Waals surface area contributed by atoms with Crippen LogP contribution in [0.25, 0.3) is 5.69 Å². The number of thiophene rings is 1. The maximum Gasteiger partial charge on any atom is 0.256 e. The number of halogens is 1. The van der Waals surface area contributed by atoms with E-state index in [0.29, 0.717) is 11.1 Å². The summed E-state index contributed by atoms with van der Waals surface area (Å²) < 4.78 is 1.72. The Morgan fingerprint density at radius 1 is 1.25 bits per heavy atom. The fraction of sp³-hybridized carbons (Fsp3) is 0.333. The molecule has 5 nitrogen and oxygen atoms in total. The van der Waals surface area contributed by atoms with Gasteiger partial charge in [0, 0.05) is 4.88 Å². The van der Waals surface area contributed by atoms with E-state index >= 15 is 0 Å². The van der Waals surface area contributed by atoms with Crippen LogP contribution < -0.4 is 10.6 Å². The number of benzene rings is 1. The van der Waals surface area contributed by atoms with Crippen LogP contribution in [0.2, 0.25) is 5.15 Å². The molecule has 0 radical (unpaired) electrons. The smallest absolute Gasteiger partial charge is 0.256 e. The van der Waals surface area contributed by atoms with Gasteiger partial charge in [-0.05, 0) is 49.8 Å². The Hall–Kier alpha value is -2.31. The number of fused-ring (bicyclic) bond motifs is 3. The second-order valence-electron chi connectivity index (χ2n) is 7.64. The summed E-state index contributed by atoms with van der Waals surface area (Å²) in [5.41, 5.74) is 4.55. The van der Waals surface area contributed by atoms with Gasteiger partial charge in [-0.2, -0.15) is 5.10 Å². The molecule has 7 heteroatoms. The minimum absolute atomic E-state index is 0.0197. The van der Waals surface area contributed by atoms with Crippen molar-refractivity contribution in [2.75, 3.05) is 5.32 Å². The molecule has 5 rings (SSSR count). The highest BCUT2D eigenvalue weighted by molar-refractivity contribution is 7.16. The van der Waals surface area contributed by atoms with Crippen LogP contribution in [0, 0.1) is 12.8 Å². The maximum atomic E-state index is 13.0. The highest BCUT2D eigenvalue weighted by Gasteiger charge is 2.35. The van der Waals surface area contributed by atoms with Gasteiger partial charge >= 0.3 is 0 Å². The second-order valence-corrected chi connectivity index (χ2v) is 9.11. The van der Waals surface area contributed by atoms with Gasteiger partial charge < -0.3 is 10.6 Å². The van der Waals surface area contributed by atoms with E-state index in [1.54, 1.807) is 16.0 Å². The zero-order valence-electron chi connectivity index (χ0n) is 15.8. The molecule has 2 atom stereocenters. The first-order valence-corrected chi connectivity index (χ1v) is 10.7. The van der Waals surface area contributed by atoms with Gasteiger partial charge in [0.05, 0.1) is 22.5 Å². The van der Waals surface area contributed by atoms with Crippen LogP contribution in [-0.4, -0.2) is 15.7 Å². The van der Waals surface area contributed by atoms with Crippen LogP contribution in [0.4, 0.5) is 5.00 Å². The Kier molecular flexibility index (Phi) is 4.21. The zero-order valence-corrected chi connectivity index (χ0v) is 17.3. The highest BCUT2D eigenvalue weighted by atomic mass is 35.5. The number of nitrogens with zero attached hydrogens (tertiary/aromatic N) is 2. The number of rotatable bonds is 2. The van der Waals surface area contributed by atoms with Crippen molar-refractivity contribution in [2.45, 2.75) is 39.3 Å². The Balaban J connectivity index is 1.53. The minimum atomic E-state index is -0.387. The number of anilines is 1. The molecule has 3 heterocycles. The topological polar surface area (TPSA) is 59.0 Å². The van der Waals surface area contributed by atoms with Gasteiger partial charge in [0.2, 0.25) is 0 Å². The molecular formula is C21H21ClN4OS. The van der Waals surface area contributed by atoms with Gasteiger partial charge in [0.15, 0.2) is 0 Å². The first kappa shape index (κ1) is 17.8. The van der Waals surface area contributed by atoms with Crippen molar-refractivity contribution in [1.82, 2.24) is 15.1 Å². The summed E-state index contributed by atoms with van der Waals surface area (Å²) in [6, 6.07) is 9.78. The summed E-state index contributed by atoms with van der Waals surface area (Å²) in [7, 11) is 0. The summed E-state index contributed by atoms with van der Waals surface area (Å²) in [6.07, 6.45) is 2.79. The molecule has 28 heavy (non-hydrogen) atoms. The van der Waals surface area contributed by atoms with E-state index in [1.807, 2.05) is 37.3 Å². The van der Waals surface area contributed by atoms with Crippen molar-refractivity contribution in [2.24, 2.45) is 5.92 Å². The summed E-state index contributed by atoms with van der Waals surface area (Å²) >= 11 is 8.42. The lowest BCUT2D eigenvalue weighted by molar-refractivity contribution is 0.0935. The molecule has 2 aliphatic rings. The number of nitrogens with one attached hydrogen (secondary N) is 2. The van der Waals surface area contributed by atoms with Gasteiger partial charge in [-0.15, -0.1) is 11.3 Å². The molecular weight excluding hydrogens is 392 g/mol. The van der Waals surface area contributed by atoms with Crippen molar-refractivity contribution in [3.63, 3.8) is 0 Å². The van der Waals surface area contributed by atoms with Gasteiger partial charge in [0.1, 0.15) is 16.3 Å². The molecule has 0 unspecified atom stereocenters. The SMILES string of the molecule is Cc1nn(-c2ccccc2)c(Cl)c1[C@H]1NC(=O)c2c(sc3c2CC[C@H](C)C3)N1. The fourth-order valence-electron chi connectivity index (χ4n) is 4.19. The Morgan fingerprint density at radius 2 is 2.04 bits per heavy atom. The number of aromatic nitrogens is 2. The van der Waals surface area contributed by atoms with Gasteiger partial charge in [-0.25, -0.2) is 4.68 Å². The lowest BCUT2D eigenvalue weighted by Gasteiger charge is -2.27. The summed E-state index contributed by atoms with van der Waals surface area (Å²) in [5.74, 6) is 0.654. The fourth-order valence-corrected chi connectivity index (χ4v) is 6.00. The monoisotopic (exact) mass is 412 g/mol. The van der Waals surface area contributed by atoms with Crippen molar-refractivity contribution in [1.29, 1.82) is 0 Å². The zero-order chi connectivity index (χ0) is 19.4. The second kappa shape index (κ2) is 6.64. The van der Waals surface area contributed by atoms with E-state index in [0.717, 1.165) is 46.8 Å². The minimum Gasteiger partial charge on any atom is -0.352 e. The van der Waals surface area contributed by atoms with Crippen LogP contribution >= 0.6 is 22.9 Å². The van der Waals surface area contributed by atoms with E-state index in [4.69, 9.17) is 11.6 Å². The predicted molar refractivity (Wildman–Crippen MR) is 113 cm³/mol. The van der Waals surface area contributed by atoms with Gasteiger partial charge in [-0.1, -0.05) is 36.7 Å². The van der Waals surface area contributed by atoms with Gasteiger partial charge in [-0.3, -0.25) is 4.79 Å². The normalized spacial score (nSPS) is 20.9. The van der Waals surface area contributed by atoms with E-state index < -0.39 is 0 Å². The molecule has 1 aromatic carbocycles. The maximum absolute atomic E-state index is 13.0. The molecule has 1 amide bonds. The number of amides is 1. The molecule has 1 aliphatic heterocycles. The first-order chi connectivity index (χ1) is 13.5. The highest BCUT2D eigenvalue weighted by Crippen LogP contribution is 2.43. The lowest BCUT2D eigenvalue weighted by atomic mass is 9.88. The Labute approximate surface area is 172 Å². The van der Waals surface area contributed by atoms with Crippen molar-refractivity contribution >= 4 is 33.8 Å². The first-order valence-electron chi connectivity index (χ1n) is 9.55. The molecule has 3 aromatic rings. The third-order valence-electron chi connectivity index (χ3n) is 5.63. The molecule has 2 N–H and O–H groups in total. The van der Waals surface area contributed by atoms with E-state index in [1.165, 1.54) is 10.4 Å². The van der Waals surface area contributed by atoms with Gasteiger partial charge in [0.25, 0.3) is 5.91 Å². The lowest BCUT2D eigenvalue weighted by Crippen LogP contribution is -2.38. The van der Waals surface area contributed by atoms with Crippen molar-refractivity contribution < 1.29 is 4.79 Å². The Bertz CT molecular complexity index is 1070. The van der Waals surface area contributed by atoms with Crippen molar-refractivity contribution in [3.05, 3.63) is 62.7 Å². The van der Waals surface area contributed by atoms with E-state index in [-0.39, 0.29) is 12.1 Å². The van der Waals surface area contributed by atoms with E-state index in [2.05, 4.69) is 22.7 Å². The van der Waals surface area contributed by atoms with Crippen LogP contribution in [0.5, 0.6) is 0 Å². The molecule has 0 bridgehead atoms. The number of carbonyl (C=O) groups excluding carboxylic acids is 1. The third kappa shape index (κ3) is 2.74. The molecule has 0 saturated carbocycles. The number of hydrogen-bond acceptors (Lipinski definition) is 4. The summed E-state index contributed by atoms with van der Waals surface area (Å²) in [6.45, 7) is 4.20. The Morgan fingerprint density at radius 3 is 2.82 bits per heavy atom. The molecule has 2 aromatic heterocycles. The van der Waals surface area contributed by atoms with Crippen LogP contribution in [-0.2, 0) is 12.8 Å². The number of para-hydroxylation sites is 1. The summed E-state index contributed by atoms with van der Waals surface area (Å²) in [5, 5.41) is 12.7. The van der Waals surface area contributed by atoms with Crippen LogP contribution in [0.1, 0.15) is 51.6 Å². The standard InChI is InChI=1S/C21H21ClN4OS/c1-11-8-9-14-15(10-11)28-21-17(14)20(27)23-19(24-21)16-12(2)25-26(18(16)22)13-6-4-3-5-7-13/h3-7,11,19,24H,8-10H2,1-2H3,(H,23,27)/t11-,19-/m0/s1. The molecule has 0 saturated heterocycles. The molecule has 0 spiro atoms. The predicted octanol–water partition coefficient (Wildman–Crippen LogP) is 4.87. The molecule has 0 fully saturated rings. The summed E-state index contributed by atoms with van der Waals surface area (Å²) in [4.78, 5) is 14.3. The average Bonchev–Trinajstić information content (AvgIpc) is 3.18. The van der Waals surface area contributed by atoms with Crippen LogP contribution in [0.15, 0.2) is 30.3 Å². The number of carbonyl (C=O) groups is 1. The van der Waals surface area contributed by atoms with E-state index in [9.17, 15) is 4.79 Å². The molecule has 1 aliphatic carbocycles. The number of hydrogen-bond donors (Lipinski definition) is 2. The largest absolute Gasteiger partial charge is 0.352 e. The average molecular weight is 413 g/mol. The number of aryl methyl sites for hydroxylation is 1. The quantitative estimate of drug-likeness (QED) is 0.631. The molecule has 144 valence electrons. The van der Waals surface area contributed by atoms with Crippen molar-refractivity contribution in [3.8, 4) is 5.69 Å². The third-order valence-corrected chi connectivity index (χ3v) is 7.18. The van der Waals surface area contributed by atoms with Crippen LogP contribution in [0.3, 0.4) is 0 Å².